The molecule has 15 heavy (non-hydrogen) atoms. The van der Waals surface area contributed by atoms with E-state index in [4.69, 9.17) is 9.47 Å². The van der Waals surface area contributed by atoms with Crippen molar-refractivity contribution in [3.05, 3.63) is 0 Å². The zero-order chi connectivity index (χ0) is 11.1. The molecule has 3 nitrogen and oxygen atoms in total. The van der Waals surface area contributed by atoms with Gasteiger partial charge in [0.2, 0.25) is 0 Å². The summed E-state index contributed by atoms with van der Waals surface area (Å²) in [6.07, 6.45) is 2.37. The average molecular weight is 215 g/mol. The third-order valence-corrected chi connectivity index (χ3v) is 2.69. The summed E-state index contributed by atoms with van der Waals surface area (Å²) in [6, 6.07) is 0. The SMILES string of the molecule is CC(C)COCCOC1(C)CCCNC1. The fourth-order valence-corrected chi connectivity index (χ4v) is 1.82. The van der Waals surface area contributed by atoms with Crippen molar-refractivity contribution in [2.75, 3.05) is 32.9 Å². The van der Waals surface area contributed by atoms with Crippen LogP contribution in [0.4, 0.5) is 0 Å². The number of nitrogens with one attached hydrogen (secondary N) is 1. The molecule has 0 amide bonds. The van der Waals surface area contributed by atoms with Gasteiger partial charge in [0.25, 0.3) is 0 Å². The maximum atomic E-state index is 5.86. The monoisotopic (exact) mass is 215 g/mol. The number of piperidine rings is 1. The van der Waals surface area contributed by atoms with Crippen molar-refractivity contribution in [1.82, 2.24) is 5.32 Å². The Morgan fingerprint density at radius 2 is 2.13 bits per heavy atom. The molecule has 0 bridgehead atoms. The molecule has 1 rings (SSSR count). The third-order valence-electron chi connectivity index (χ3n) is 2.69. The first-order valence-corrected chi connectivity index (χ1v) is 6.05. The van der Waals surface area contributed by atoms with Crippen molar-refractivity contribution in [2.45, 2.75) is 39.2 Å². The summed E-state index contributed by atoms with van der Waals surface area (Å²) < 4.78 is 11.4. The number of ether oxygens (including phenoxy) is 2. The topological polar surface area (TPSA) is 30.5 Å². The van der Waals surface area contributed by atoms with Gasteiger partial charge in [-0.25, -0.2) is 0 Å². The van der Waals surface area contributed by atoms with Gasteiger partial charge in [0.15, 0.2) is 0 Å². The summed E-state index contributed by atoms with van der Waals surface area (Å²) in [7, 11) is 0. The minimum atomic E-state index is 0.0272. The Balaban J connectivity index is 2.03. The fourth-order valence-electron chi connectivity index (χ4n) is 1.82. The first kappa shape index (κ1) is 12.9. The van der Waals surface area contributed by atoms with Crippen LogP contribution >= 0.6 is 0 Å². The van der Waals surface area contributed by atoms with E-state index >= 15 is 0 Å². The van der Waals surface area contributed by atoms with Crippen LogP contribution in [0.2, 0.25) is 0 Å². The van der Waals surface area contributed by atoms with Gasteiger partial charge < -0.3 is 14.8 Å². The van der Waals surface area contributed by atoms with E-state index in [0.29, 0.717) is 19.1 Å². The number of hydrogen-bond donors (Lipinski definition) is 1. The second-order valence-electron chi connectivity index (χ2n) is 5.05. The minimum absolute atomic E-state index is 0.0272. The van der Waals surface area contributed by atoms with Crippen molar-refractivity contribution < 1.29 is 9.47 Å². The highest BCUT2D eigenvalue weighted by Gasteiger charge is 2.26. The van der Waals surface area contributed by atoms with E-state index < -0.39 is 0 Å². The summed E-state index contributed by atoms with van der Waals surface area (Å²) in [6.45, 7) is 10.9. The summed E-state index contributed by atoms with van der Waals surface area (Å²) in [5, 5.41) is 3.37. The Kier molecular flexibility index (Phi) is 5.58. The molecule has 0 radical (unpaired) electrons. The molecule has 90 valence electrons. The Bertz CT molecular complexity index is 165. The largest absolute Gasteiger partial charge is 0.379 e. The van der Waals surface area contributed by atoms with Crippen molar-refractivity contribution in [2.24, 2.45) is 5.92 Å². The molecule has 1 heterocycles. The lowest BCUT2D eigenvalue weighted by Crippen LogP contribution is -2.45. The van der Waals surface area contributed by atoms with Gasteiger partial charge in [-0.2, -0.15) is 0 Å². The van der Waals surface area contributed by atoms with Gasteiger partial charge in [-0.1, -0.05) is 13.8 Å². The number of hydrogen-bond acceptors (Lipinski definition) is 3. The van der Waals surface area contributed by atoms with Gasteiger partial charge in [-0.3, -0.25) is 0 Å². The van der Waals surface area contributed by atoms with Crippen molar-refractivity contribution >= 4 is 0 Å². The van der Waals surface area contributed by atoms with Crippen molar-refractivity contribution in [1.29, 1.82) is 0 Å². The van der Waals surface area contributed by atoms with E-state index in [1.54, 1.807) is 0 Å². The molecule has 0 aromatic carbocycles. The maximum Gasteiger partial charge on any atom is 0.0779 e. The molecular weight excluding hydrogens is 190 g/mol. The second-order valence-corrected chi connectivity index (χ2v) is 5.05. The smallest absolute Gasteiger partial charge is 0.0779 e. The lowest BCUT2D eigenvalue weighted by Gasteiger charge is -2.34. The Labute approximate surface area is 93.5 Å². The highest BCUT2D eigenvalue weighted by atomic mass is 16.5. The predicted octanol–water partition coefficient (Wildman–Crippen LogP) is 1.82. The van der Waals surface area contributed by atoms with Crippen LogP contribution in [0, 0.1) is 5.92 Å². The van der Waals surface area contributed by atoms with E-state index in [0.717, 1.165) is 26.1 Å². The molecule has 0 saturated carbocycles. The zero-order valence-corrected chi connectivity index (χ0v) is 10.3. The molecule has 0 aromatic rings. The standard InChI is InChI=1S/C12H25NO2/c1-11(2)9-14-7-8-15-12(3)5-4-6-13-10-12/h11,13H,4-10H2,1-3H3. The molecule has 0 spiro atoms. The summed E-state index contributed by atoms with van der Waals surface area (Å²) >= 11 is 0. The molecule has 1 aliphatic heterocycles. The van der Waals surface area contributed by atoms with Gasteiger partial charge in [-0.05, 0) is 32.2 Å². The first-order valence-electron chi connectivity index (χ1n) is 6.05. The summed E-state index contributed by atoms with van der Waals surface area (Å²) in [5.41, 5.74) is 0.0272. The molecule has 1 unspecified atom stereocenters. The summed E-state index contributed by atoms with van der Waals surface area (Å²) in [5.74, 6) is 0.608. The Hall–Kier alpha value is -0.120. The Morgan fingerprint density at radius 3 is 2.73 bits per heavy atom. The third kappa shape index (κ3) is 5.50. The van der Waals surface area contributed by atoms with Crippen LogP contribution in [0.1, 0.15) is 33.6 Å². The average Bonchev–Trinajstić information content (AvgIpc) is 2.17. The first-order chi connectivity index (χ1) is 7.12. The lowest BCUT2D eigenvalue weighted by atomic mass is 9.96. The molecule has 3 heteroatoms. The van der Waals surface area contributed by atoms with Crippen LogP contribution in [0.25, 0.3) is 0 Å². The van der Waals surface area contributed by atoms with Gasteiger partial charge in [0.1, 0.15) is 0 Å². The quantitative estimate of drug-likeness (QED) is 0.686. The van der Waals surface area contributed by atoms with Crippen LogP contribution in [0.15, 0.2) is 0 Å². The van der Waals surface area contributed by atoms with Gasteiger partial charge in [-0.15, -0.1) is 0 Å². The van der Waals surface area contributed by atoms with E-state index in [2.05, 4.69) is 26.1 Å². The van der Waals surface area contributed by atoms with Crippen molar-refractivity contribution in [3.63, 3.8) is 0 Å². The number of rotatable bonds is 6. The van der Waals surface area contributed by atoms with E-state index in [1.165, 1.54) is 6.42 Å². The van der Waals surface area contributed by atoms with E-state index in [-0.39, 0.29) is 5.60 Å². The molecular formula is C12H25NO2. The lowest BCUT2D eigenvalue weighted by molar-refractivity contribution is -0.0698. The van der Waals surface area contributed by atoms with Gasteiger partial charge in [0, 0.05) is 13.2 Å². The highest BCUT2D eigenvalue weighted by molar-refractivity contribution is 4.82. The van der Waals surface area contributed by atoms with Crippen LogP contribution in [0.5, 0.6) is 0 Å². The van der Waals surface area contributed by atoms with Crippen LogP contribution < -0.4 is 5.32 Å². The van der Waals surface area contributed by atoms with Crippen molar-refractivity contribution in [3.8, 4) is 0 Å². The highest BCUT2D eigenvalue weighted by Crippen LogP contribution is 2.19. The van der Waals surface area contributed by atoms with Crippen LogP contribution in [0.3, 0.4) is 0 Å². The van der Waals surface area contributed by atoms with Crippen LogP contribution in [-0.4, -0.2) is 38.5 Å². The van der Waals surface area contributed by atoms with Crippen LogP contribution in [-0.2, 0) is 9.47 Å². The normalized spacial score (nSPS) is 27.2. The molecule has 1 atom stereocenters. The molecule has 1 N–H and O–H groups in total. The maximum absolute atomic E-state index is 5.86. The molecule has 0 aliphatic carbocycles. The van der Waals surface area contributed by atoms with Gasteiger partial charge in [0.05, 0.1) is 18.8 Å². The zero-order valence-electron chi connectivity index (χ0n) is 10.3. The Morgan fingerprint density at radius 1 is 1.33 bits per heavy atom. The molecule has 1 fully saturated rings. The van der Waals surface area contributed by atoms with E-state index in [9.17, 15) is 0 Å². The summed E-state index contributed by atoms with van der Waals surface area (Å²) in [4.78, 5) is 0. The molecule has 1 aliphatic rings. The minimum Gasteiger partial charge on any atom is -0.379 e. The van der Waals surface area contributed by atoms with Gasteiger partial charge >= 0.3 is 0 Å². The predicted molar refractivity (Wildman–Crippen MR) is 62.1 cm³/mol. The fraction of sp³-hybridized carbons (Fsp3) is 1.00. The molecule has 1 saturated heterocycles. The van der Waals surface area contributed by atoms with E-state index in [1.807, 2.05) is 0 Å². The molecule has 0 aromatic heterocycles. The second kappa shape index (κ2) is 6.46.